The number of carbonyl (C=O) groups is 2. The summed E-state index contributed by atoms with van der Waals surface area (Å²) in [5, 5.41) is 2.95. The molecule has 0 fully saturated rings. The number of ether oxygens (including phenoxy) is 2. The predicted octanol–water partition coefficient (Wildman–Crippen LogP) is 4.17. The first-order valence-electron chi connectivity index (χ1n) is 9.95. The maximum atomic E-state index is 13.0. The van der Waals surface area contributed by atoms with Gasteiger partial charge in [0.15, 0.2) is 6.61 Å². The summed E-state index contributed by atoms with van der Waals surface area (Å²) in [7, 11) is 1.59. The van der Waals surface area contributed by atoms with Crippen molar-refractivity contribution in [3.63, 3.8) is 0 Å². The lowest BCUT2D eigenvalue weighted by Crippen LogP contribution is -2.50. The van der Waals surface area contributed by atoms with E-state index in [9.17, 15) is 9.59 Å². The van der Waals surface area contributed by atoms with Gasteiger partial charge in [0.2, 0.25) is 5.91 Å². The molecule has 0 unspecified atom stereocenters. The Balaban J connectivity index is 2.16. The van der Waals surface area contributed by atoms with Gasteiger partial charge in [0.1, 0.15) is 17.5 Å². The van der Waals surface area contributed by atoms with Crippen molar-refractivity contribution in [3.8, 4) is 11.5 Å². The number of nitrogens with zero attached hydrogens (tertiary/aromatic N) is 1. The van der Waals surface area contributed by atoms with Crippen molar-refractivity contribution in [2.75, 3.05) is 13.7 Å². The molecular weight excluding hydrogens is 448 g/mol. The second kappa shape index (κ2) is 11.6. The number of amides is 2. The molecule has 0 radical (unpaired) electrons. The van der Waals surface area contributed by atoms with Gasteiger partial charge < -0.3 is 19.7 Å². The maximum absolute atomic E-state index is 13.0. The molecule has 6 nitrogen and oxygen atoms in total. The first-order valence-corrected chi connectivity index (χ1v) is 10.7. The van der Waals surface area contributed by atoms with E-state index in [0.717, 1.165) is 16.5 Å². The van der Waals surface area contributed by atoms with Crippen LogP contribution >= 0.6 is 15.9 Å². The molecule has 0 aliphatic heterocycles. The van der Waals surface area contributed by atoms with Gasteiger partial charge in [0.05, 0.1) is 7.11 Å². The van der Waals surface area contributed by atoms with Crippen LogP contribution in [-0.4, -0.2) is 42.5 Å². The normalized spacial score (nSPS) is 12.6. The highest BCUT2D eigenvalue weighted by Crippen LogP contribution is 2.18. The summed E-state index contributed by atoms with van der Waals surface area (Å²) in [6.45, 7) is 5.78. The minimum atomic E-state index is -0.647. The van der Waals surface area contributed by atoms with E-state index in [2.05, 4.69) is 21.2 Å². The van der Waals surface area contributed by atoms with E-state index in [-0.39, 0.29) is 31.0 Å². The van der Waals surface area contributed by atoms with Crippen molar-refractivity contribution in [1.82, 2.24) is 10.2 Å². The minimum Gasteiger partial charge on any atom is -0.497 e. The predicted molar refractivity (Wildman–Crippen MR) is 121 cm³/mol. The number of halogens is 1. The molecule has 0 aromatic heterocycles. The average molecular weight is 477 g/mol. The lowest BCUT2D eigenvalue weighted by atomic mass is 10.1. The van der Waals surface area contributed by atoms with Gasteiger partial charge in [-0.05, 0) is 62.2 Å². The Morgan fingerprint density at radius 1 is 1.10 bits per heavy atom. The van der Waals surface area contributed by atoms with E-state index in [0.29, 0.717) is 11.5 Å². The van der Waals surface area contributed by atoms with E-state index in [4.69, 9.17) is 9.47 Å². The van der Waals surface area contributed by atoms with Crippen molar-refractivity contribution in [2.45, 2.75) is 45.8 Å². The Morgan fingerprint density at radius 2 is 1.80 bits per heavy atom. The maximum Gasteiger partial charge on any atom is 0.261 e. The van der Waals surface area contributed by atoms with Crippen LogP contribution in [0.5, 0.6) is 11.5 Å². The molecular formula is C23H29BrN2O4. The van der Waals surface area contributed by atoms with Crippen molar-refractivity contribution >= 4 is 27.7 Å². The molecule has 0 aliphatic rings. The van der Waals surface area contributed by atoms with Crippen molar-refractivity contribution in [2.24, 2.45) is 0 Å². The first-order chi connectivity index (χ1) is 14.3. The Kier molecular flexibility index (Phi) is 9.17. The standard InChI is InChI=1S/C23H29BrN2O4/c1-5-16(2)25-23(28)17(3)26(14-18-7-6-8-21(13-18)29-4)22(27)15-30-20-11-9-19(24)10-12-20/h6-13,16-17H,5,14-15H2,1-4H3,(H,25,28)/t16-,17-/m1/s1. The molecule has 0 bridgehead atoms. The molecule has 0 spiro atoms. The lowest BCUT2D eigenvalue weighted by molar-refractivity contribution is -0.142. The summed E-state index contributed by atoms with van der Waals surface area (Å²) in [6, 6.07) is 14.1. The molecule has 2 aromatic carbocycles. The summed E-state index contributed by atoms with van der Waals surface area (Å²) in [5.41, 5.74) is 0.870. The van der Waals surface area contributed by atoms with Gasteiger partial charge in [-0.2, -0.15) is 0 Å². The highest BCUT2D eigenvalue weighted by Gasteiger charge is 2.27. The van der Waals surface area contributed by atoms with E-state index in [1.165, 1.54) is 4.90 Å². The molecule has 2 aromatic rings. The van der Waals surface area contributed by atoms with Crippen LogP contribution in [0, 0.1) is 0 Å². The monoisotopic (exact) mass is 476 g/mol. The fraction of sp³-hybridized carbons (Fsp3) is 0.391. The molecule has 1 N–H and O–H groups in total. The van der Waals surface area contributed by atoms with Gasteiger partial charge in [-0.25, -0.2) is 0 Å². The first kappa shape index (κ1) is 23.7. The average Bonchev–Trinajstić information content (AvgIpc) is 2.76. The van der Waals surface area contributed by atoms with Gasteiger partial charge in [-0.1, -0.05) is 35.0 Å². The highest BCUT2D eigenvalue weighted by molar-refractivity contribution is 9.10. The van der Waals surface area contributed by atoms with Gasteiger partial charge in [-0.3, -0.25) is 9.59 Å². The number of methoxy groups -OCH3 is 1. The van der Waals surface area contributed by atoms with Crippen LogP contribution in [0.2, 0.25) is 0 Å². The lowest BCUT2D eigenvalue weighted by Gasteiger charge is -2.29. The van der Waals surface area contributed by atoms with E-state index in [1.807, 2.05) is 50.2 Å². The summed E-state index contributed by atoms with van der Waals surface area (Å²) in [5.74, 6) is 0.823. The van der Waals surface area contributed by atoms with Crippen molar-refractivity contribution in [1.29, 1.82) is 0 Å². The molecule has 162 valence electrons. The summed E-state index contributed by atoms with van der Waals surface area (Å²) < 4.78 is 11.9. The smallest absolute Gasteiger partial charge is 0.261 e. The van der Waals surface area contributed by atoms with E-state index >= 15 is 0 Å². The SMILES string of the molecule is CC[C@@H](C)NC(=O)[C@@H](C)N(Cc1cccc(OC)c1)C(=O)COc1ccc(Br)cc1. The molecule has 30 heavy (non-hydrogen) atoms. The third kappa shape index (κ3) is 7.06. The van der Waals surface area contributed by atoms with Crippen LogP contribution in [0.15, 0.2) is 53.0 Å². The van der Waals surface area contributed by atoms with Gasteiger partial charge in [0.25, 0.3) is 5.91 Å². The second-order valence-corrected chi connectivity index (χ2v) is 8.03. The molecule has 2 rings (SSSR count). The molecule has 0 saturated carbocycles. The molecule has 0 aliphatic carbocycles. The zero-order valence-corrected chi connectivity index (χ0v) is 19.4. The highest BCUT2D eigenvalue weighted by atomic mass is 79.9. The van der Waals surface area contributed by atoms with Gasteiger partial charge in [0, 0.05) is 17.1 Å². The molecule has 2 atom stereocenters. The molecule has 0 saturated heterocycles. The summed E-state index contributed by atoms with van der Waals surface area (Å²) in [4.78, 5) is 27.3. The minimum absolute atomic E-state index is 0.0349. The Morgan fingerprint density at radius 3 is 2.43 bits per heavy atom. The number of rotatable bonds is 10. The zero-order valence-electron chi connectivity index (χ0n) is 17.9. The van der Waals surface area contributed by atoms with Crippen LogP contribution in [-0.2, 0) is 16.1 Å². The van der Waals surface area contributed by atoms with Crippen LogP contribution in [0.4, 0.5) is 0 Å². The summed E-state index contributed by atoms with van der Waals surface area (Å²) in [6.07, 6.45) is 0.814. The molecule has 2 amide bonds. The van der Waals surface area contributed by atoms with Crippen LogP contribution in [0.1, 0.15) is 32.8 Å². The van der Waals surface area contributed by atoms with Crippen molar-refractivity contribution < 1.29 is 19.1 Å². The zero-order chi connectivity index (χ0) is 22.1. The topological polar surface area (TPSA) is 67.9 Å². The van der Waals surface area contributed by atoms with Crippen LogP contribution in [0.25, 0.3) is 0 Å². The fourth-order valence-electron chi connectivity index (χ4n) is 2.77. The summed E-state index contributed by atoms with van der Waals surface area (Å²) >= 11 is 3.37. The second-order valence-electron chi connectivity index (χ2n) is 7.11. The van der Waals surface area contributed by atoms with E-state index < -0.39 is 6.04 Å². The Bertz CT molecular complexity index is 841. The number of nitrogens with one attached hydrogen (secondary N) is 1. The van der Waals surface area contributed by atoms with Crippen LogP contribution < -0.4 is 14.8 Å². The third-order valence-corrected chi connectivity index (χ3v) is 5.36. The Hall–Kier alpha value is -2.54. The number of hydrogen-bond donors (Lipinski definition) is 1. The Labute approximate surface area is 186 Å². The third-order valence-electron chi connectivity index (χ3n) is 4.83. The molecule has 7 heteroatoms. The molecule has 0 heterocycles. The van der Waals surface area contributed by atoms with Gasteiger partial charge >= 0.3 is 0 Å². The number of benzene rings is 2. The number of carbonyl (C=O) groups excluding carboxylic acids is 2. The largest absolute Gasteiger partial charge is 0.497 e. The van der Waals surface area contributed by atoms with E-state index in [1.54, 1.807) is 26.2 Å². The number of hydrogen-bond acceptors (Lipinski definition) is 4. The quantitative estimate of drug-likeness (QED) is 0.558. The van der Waals surface area contributed by atoms with Crippen LogP contribution in [0.3, 0.4) is 0 Å². The fourth-order valence-corrected chi connectivity index (χ4v) is 3.04. The van der Waals surface area contributed by atoms with Crippen molar-refractivity contribution in [3.05, 3.63) is 58.6 Å². The van der Waals surface area contributed by atoms with Gasteiger partial charge in [-0.15, -0.1) is 0 Å².